The van der Waals surface area contributed by atoms with Crippen LogP contribution in [0.1, 0.15) is 53.0 Å². The van der Waals surface area contributed by atoms with Gasteiger partial charge in [-0.05, 0) is 63.8 Å². The van der Waals surface area contributed by atoms with E-state index in [1.807, 2.05) is 68.1 Å². The van der Waals surface area contributed by atoms with Gasteiger partial charge in [0.05, 0.1) is 0 Å². The van der Waals surface area contributed by atoms with Crippen LogP contribution in [0.5, 0.6) is 0 Å². The fourth-order valence-electron chi connectivity index (χ4n) is 4.24. The van der Waals surface area contributed by atoms with Crippen molar-refractivity contribution in [2.75, 3.05) is 26.2 Å². The van der Waals surface area contributed by atoms with Crippen molar-refractivity contribution in [3.8, 4) is 0 Å². The van der Waals surface area contributed by atoms with Crippen LogP contribution in [0.25, 0.3) is 0 Å². The highest BCUT2D eigenvalue weighted by Gasteiger charge is 2.35. The molecule has 170 valence electrons. The van der Waals surface area contributed by atoms with E-state index < -0.39 is 6.04 Å². The molecule has 1 saturated heterocycles. The van der Waals surface area contributed by atoms with E-state index in [2.05, 4.69) is 5.32 Å². The molecule has 1 aliphatic rings. The lowest BCUT2D eigenvalue weighted by Gasteiger charge is -2.37. The van der Waals surface area contributed by atoms with Gasteiger partial charge in [0.15, 0.2) is 0 Å². The van der Waals surface area contributed by atoms with E-state index in [0.29, 0.717) is 50.1 Å². The summed E-state index contributed by atoms with van der Waals surface area (Å²) in [5.41, 5.74) is 2.34. The van der Waals surface area contributed by atoms with Gasteiger partial charge < -0.3 is 15.1 Å². The van der Waals surface area contributed by atoms with Crippen LogP contribution in [0.15, 0.2) is 54.6 Å². The van der Waals surface area contributed by atoms with Gasteiger partial charge in [0.2, 0.25) is 5.91 Å². The minimum Gasteiger partial charge on any atom is -0.341 e. The number of likely N-dealkylation sites (tertiary alicyclic amines) is 1. The molecule has 6 nitrogen and oxygen atoms in total. The summed E-state index contributed by atoms with van der Waals surface area (Å²) in [7, 11) is 0. The number of rotatable bonds is 7. The summed E-state index contributed by atoms with van der Waals surface area (Å²) >= 11 is 0. The molecule has 2 aromatic carbocycles. The maximum absolute atomic E-state index is 13.3. The number of carbonyl (C=O) groups excluding carboxylic acids is 3. The summed E-state index contributed by atoms with van der Waals surface area (Å²) in [5.74, 6) is -0.293. The Morgan fingerprint density at radius 2 is 1.53 bits per heavy atom. The summed E-state index contributed by atoms with van der Waals surface area (Å²) < 4.78 is 0. The highest BCUT2D eigenvalue weighted by Crippen LogP contribution is 2.24. The Morgan fingerprint density at radius 3 is 2.09 bits per heavy atom. The molecule has 0 unspecified atom stereocenters. The number of amides is 3. The van der Waals surface area contributed by atoms with Gasteiger partial charge in [0.1, 0.15) is 6.04 Å². The SMILES string of the molecule is CCN(CC)C(=O)[C@@H](NC(=O)c1ccccc1)C1CCN(C(=O)c2ccc(C)cc2)CC1. The molecule has 1 N–H and O–H groups in total. The Morgan fingerprint density at radius 1 is 0.938 bits per heavy atom. The molecule has 3 amide bonds. The zero-order valence-corrected chi connectivity index (χ0v) is 19.2. The van der Waals surface area contributed by atoms with Crippen LogP contribution < -0.4 is 5.32 Å². The van der Waals surface area contributed by atoms with Crippen molar-refractivity contribution < 1.29 is 14.4 Å². The van der Waals surface area contributed by atoms with E-state index in [1.165, 1.54) is 0 Å². The first-order valence-corrected chi connectivity index (χ1v) is 11.4. The molecular formula is C26H33N3O3. The molecule has 32 heavy (non-hydrogen) atoms. The summed E-state index contributed by atoms with van der Waals surface area (Å²) in [5, 5.41) is 3.00. The first kappa shape index (κ1) is 23.5. The zero-order valence-electron chi connectivity index (χ0n) is 19.2. The quantitative estimate of drug-likeness (QED) is 0.724. The van der Waals surface area contributed by atoms with Gasteiger partial charge in [-0.2, -0.15) is 0 Å². The smallest absolute Gasteiger partial charge is 0.253 e. The van der Waals surface area contributed by atoms with Crippen LogP contribution in [0.4, 0.5) is 0 Å². The molecule has 0 saturated carbocycles. The Kier molecular flexibility index (Phi) is 8.03. The van der Waals surface area contributed by atoms with Gasteiger partial charge in [-0.15, -0.1) is 0 Å². The Labute approximate surface area is 190 Å². The molecular weight excluding hydrogens is 402 g/mol. The van der Waals surface area contributed by atoms with Gasteiger partial charge in [0.25, 0.3) is 11.8 Å². The van der Waals surface area contributed by atoms with E-state index in [-0.39, 0.29) is 23.6 Å². The molecule has 0 aromatic heterocycles. The second-order valence-corrected chi connectivity index (χ2v) is 8.32. The fourth-order valence-corrected chi connectivity index (χ4v) is 4.24. The Bertz CT molecular complexity index is 915. The minimum absolute atomic E-state index is 0.0159. The molecule has 1 fully saturated rings. The maximum Gasteiger partial charge on any atom is 0.253 e. The third-order valence-electron chi connectivity index (χ3n) is 6.26. The first-order chi connectivity index (χ1) is 15.4. The van der Waals surface area contributed by atoms with Crippen molar-refractivity contribution in [1.29, 1.82) is 0 Å². The van der Waals surface area contributed by atoms with Crippen LogP contribution >= 0.6 is 0 Å². The van der Waals surface area contributed by atoms with Crippen LogP contribution in [0, 0.1) is 12.8 Å². The number of hydrogen-bond acceptors (Lipinski definition) is 3. The van der Waals surface area contributed by atoms with Gasteiger partial charge in [-0.1, -0.05) is 35.9 Å². The van der Waals surface area contributed by atoms with Crippen molar-refractivity contribution >= 4 is 17.7 Å². The third-order valence-corrected chi connectivity index (χ3v) is 6.26. The summed E-state index contributed by atoms with van der Waals surface area (Å²) in [6.45, 7) is 8.22. The van der Waals surface area contributed by atoms with Crippen LogP contribution in [-0.4, -0.2) is 59.7 Å². The standard InChI is InChI=1S/C26H33N3O3/c1-4-28(5-2)26(32)23(27-24(30)21-9-7-6-8-10-21)20-15-17-29(18-16-20)25(31)22-13-11-19(3)12-14-22/h6-14,20,23H,4-5,15-18H2,1-3H3,(H,27,30)/t23-/m0/s1. The Balaban J connectivity index is 1.71. The molecule has 3 rings (SSSR count). The number of benzene rings is 2. The average Bonchev–Trinajstić information content (AvgIpc) is 2.84. The zero-order chi connectivity index (χ0) is 23.1. The predicted octanol–water partition coefficient (Wildman–Crippen LogP) is 3.51. The number of hydrogen-bond donors (Lipinski definition) is 1. The average molecular weight is 436 g/mol. The molecule has 2 aromatic rings. The van der Waals surface area contributed by atoms with Gasteiger partial charge in [-0.25, -0.2) is 0 Å². The van der Waals surface area contributed by atoms with Crippen molar-refractivity contribution in [2.45, 2.75) is 39.7 Å². The normalized spacial score (nSPS) is 15.2. The number of likely N-dealkylation sites (N-methyl/N-ethyl adjacent to an activating group) is 1. The molecule has 1 atom stereocenters. The predicted molar refractivity (Wildman–Crippen MR) is 125 cm³/mol. The van der Waals surface area contributed by atoms with Gasteiger partial charge in [-0.3, -0.25) is 14.4 Å². The molecule has 1 heterocycles. The van der Waals surface area contributed by atoms with Crippen molar-refractivity contribution in [1.82, 2.24) is 15.1 Å². The molecule has 0 radical (unpaired) electrons. The van der Waals surface area contributed by atoms with E-state index in [9.17, 15) is 14.4 Å². The number of nitrogens with one attached hydrogen (secondary N) is 1. The molecule has 1 aliphatic heterocycles. The fraction of sp³-hybridized carbons (Fsp3) is 0.423. The molecule has 6 heteroatoms. The second-order valence-electron chi connectivity index (χ2n) is 8.32. The van der Waals surface area contributed by atoms with E-state index >= 15 is 0 Å². The van der Waals surface area contributed by atoms with Crippen LogP contribution in [-0.2, 0) is 4.79 Å². The highest BCUT2D eigenvalue weighted by atomic mass is 16.2. The van der Waals surface area contributed by atoms with E-state index in [4.69, 9.17) is 0 Å². The molecule has 0 spiro atoms. The highest BCUT2D eigenvalue weighted by molar-refractivity contribution is 5.97. The number of piperidine rings is 1. The Hall–Kier alpha value is -3.15. The number of aryl methyl sites for hydroxylation is 1. The number of carbonyl (C=O) groups is 3. The third kappa shape index (κ3) is 5.55. The van der Waals surface area contributed by atoms with Crippen molar-refractivity contribution in [3.63, 3.8) is 0 Å². The van der Waals surface area contributed by atoms with E-state index in [1.54, 1.807) is 17.0 Å². The van der Waals surface area contributed by atoms with E-state index in [0.717, 1.165) is 5.56 Å². The minimum atomic E-state index is -0.598. The first-order valence-electron chi connectivity index (χ1n) is 11.4. The molecule has 0 bridgehead atoms. The summed E-state index contributed by atoms with van der Waals surface area (Å²) in [6.07, 6.45) is 1.34. The van der Waals surface area contributed by atoms with Crippen LogP contribution in [0.2, 0.25) is 0 Å². The van der Waals surface area contributed by atoms with Gasteiger partial charge >= 0.3 is 0 Å². The summed E-state index contributed by atoms with van der Waals surface area (Å²) in [4.78, 5) is 42.6. The second kappa shape index (κ2) is 10.9. The lowest BCUT2D eigenvalue weighted by atomic mass is 9.87. The van der Waals surface area contributed by atoms with Gasteiger partial charge in [0, 0.05) is 37.3 Å². The number of nitrogens with zero attached hydrogens (tertiary/aromatic N) is 2. The van der Waals surface area contributed by atoms with Crippen molar-refractivity contribution in [2.24, 2.45) is 5.92 Å². The summed E-state index contributed by atoms with van der Waals surface area (Å²) in [6, 6.07) is 16.0. The van der Waals surface area contributed by atoms with Crippen molar-refractivity contribution in [3.05, 3.63) is 71.3 Å². The topological polar surface area (TPSA) is 69.7 Å². The lowest BCUT2D eigenvalue weighted by Crippen LogP contribution is -2.54. The lowest BCUT2D eigenvalue weighted by molar-refractivity contribution is -0.134. The maximum atomic E-state index is 13.3. The monoisotopic (exact) mass is 435 g/mol. The van der Waals surface area contributed by atoms with Crippen LogP contribution in [0.3, 0.4) is 0 Å². The molecule has 0 aliphatic carbocycles. The largest absolute Gasteiger partial charge is 0.341 e.